The van der Waals surface area contributed by atoms with E-state index in [9.17, 15) is 18.0 Å². The summed E-state index contributed by atoms with van der Waals surface area (Å²) in [6, 6.07) is 2.10. The summed E-state index contributed by atoms with van der Waals surface area (Å²) in [5.41, 5.74) is 5.38. The number of halogens is 4. The number of alkyl halides is 3. The van der Waals surface area contributed by atoms with E-state index in [2.05, 4.69) is 16.4 Å². The first-order valence-electron chi connectivity index (χ1n) is 14.4. The van der Waals surface area contributed by atoms with Gasteiger partial charge in [0.25, 0.3) is 0 Å². The number of ether oxygens (including phenoxy) is 1. The SMILES string of the molecule is C=CC(=O)N1CCN(c2nc(OC[C@@H]3CCCN3C)nc3c2C[C@@H](C)[C@H](c2c(C(F)(F)F)ccc(N)c2F)C3)[C@@H](C)C1. The Bertz CT molecular complexity index is 1350. The van der Waals surface area contributed by atoms with Crippen LogP contribution in [0, 0.1) is 11.7 Å². The van der Waals surface area contributed by atoms with Crippen molar-refractivity contribution >= 4 is 17.4 Å². The molecular weight excluding hydrogens is 552 g/mol. The summed E-state index contributed by atoms with van der Waals surface area (Å²) in [7, 11) is 2.04. The highest BCUT2D eigenvalue weighted by Crippen LogP contribution is 2.46. The molecule has 12 heteroatoms. The van der Waals surface area contributed by atoms with Crippen molar-refractivity contribution in [2.24, 2.45) is 5.92 Å². The van der Waals surface area contributed by atoms with Crippen molar-refractivity contribution in [3.05, 3.63) is 53.0 Å². The summed E-state index contributed by atoms with van der Waals surface area (Å²) in [5, 5.41) is 0. The third kappa shape index (κ3) is 5.77. The van der Waals surface area contributed by atoms with Crippen molar-refractivity contribution in [1.82, 2.24) is 19.8 Å². The minimum absolute atomic E-state index is 0.0818. The summed E-state index contributed by atoms with van der Waals surface area (Å²) in [6.45, 7) is 10.2. The normalized spacial score (nSPS) is 24.9. The number of nitrogens with two attached hydrogens (primary N) is 1. The zero-order chi connectivity index (χ0) is 30.3. The number of likely N-dealkylation sites (tertiary alicyclic amines) is 1. The molecule has 2 N–H and O–H groups in total. The monoisotopic (exact) mass is 590 g/mol. The fourth-order valence-corrected chi connectivity index (χ4v) is 6.62. The maximum absolute atomic E-state index is 15.4. The lowest BCUT2D eigenvalue weighted by Crippen LogP contribution is -2.54. The summed E-state index contributed by atoms with van der Waals surface area (Å²) in [5.74, 6) is -1.67. The summed E-state index contributed by atoms with van der Waals surface area (Å²) in [4.78, 5) is 27.9. The molecule has 1 amide bonds. The van der Waals surface area contributed by atoms with Crippen molar-refractivity contribution in [1.29, 1.82) is 0 Å². The lowest BCUT2D eigenvalue weighted by atomic mass is 9.73. The standard InChI is InChI=1S/C30H38F4N6O2/c1-5-25(41)39-11-12-40(18(3)15-39)28-21-13-17(2)20(26-22(30(32,33)34)8-9-23(35)27(26)31)14-24(21)36-29(37-28)42-16-19-7-6-10-38(19)4/h5,8-9,17-20H,1,6-7,10-16,35H2,2-4H3/t17-,18+,19+,20-/m1/s1. The van der Waals surface area contributed by atoms with Gasteiger partial charge in [-0.05, 0) is 76.2 Å². The first kappa shape index (κ1) is 30.1. The molecule has 1 aliphatic carbocycles. The number of carbonyl (C=O) groups excluding carboxylic acids is 1. The van der Waals surface area contributed by atoms with E-state index in [4.69, 9.17) is 20.4 Å². The van der Waals surface area contributed by atoms with E-state index < -0.39 is 29.0 Å². The molecule has 228 valence electrons. The third-order valence-corrected chi connectivity index (χ3v) is 9.02. The number of hydrogen-bond donors (Lipinski definition) is 1. The number of carbonyl (C=O) groups is 1. The van der Waals surface area contributed by atoms with Crippen molar-refractivity contribution < 1.29 is 27.1 Å². The van der Waals surface area contributed by atoms with Crippen LogP contribution in [0.1, 0.15) is 55.0 Å². The second-order valence-electron chi connectivity index (χ2n) is 11.8. The maximum atomic E-state index is 15.4. The van der Waals surface area contributed by atoms with Crippen LogP contribution in [0.25, 0.3) is 0 Å². The number of nitrogen functional groups attached to an aromatic ring is 1. The molecule has 42 heavy (non-hydrogen) atoms. The van der Waals surface area contributed by atoms with Crippen molar-refractivity contribution in [2.75, 3.05) is 50.5 Å². The lowest BCUT2D eigenvalue weighted by molar-refractivity contribution is -0.138. The zero-order valence-electron chi connectivity index (χ0n) is 24.3. The van der Waals surface area contributed by atoms with Crippen molar-refractivity contribution in [3.8, 4) is 6.01 Å². The first-order valence-corrected chi connectivity index (χ1v) is 14.4. The van der Waals surface area contributed by atoms with Crippen LogP contribution < -0.4 is 15.4 Å². The fraction of sp³-hybridized carbons (Fsp3) is 0.567. The molecule has 2 aromatic rings. The molecule has 2 saturated heterocycles. The third-order valence-electron chi connectivity index (χ3n) is 9.02. The first-order chi connectivity index (χ1) is 19.9. The molecule has 0 bridgehead atoms. The van der Waals surface area contributed by atoms with E-state index in [1.54, 1.807) is 4.90 Å². The molecule has 0 saturated carbocycles. The fourth-order valence-electron chi connectivity index (χ4n) is 6.62. The Morgan fingerprint density at radius 1 is 1.19 bits per heavy atom. The van der Waals surface area contributed by atoms with Gasteiger partial charge in [0, 0.05) is 42.8 Å². The topological polar surface area (TPSA) is 87.8 Å². The van der Waals surface area contributed by atoms with Gasteiger partial charge in [0.1, 0.15) is 18.2 Å². The number of piperazine rings is 1. The van der Waals surface area contributed by atoms with Crippen LogP contribution >= 0.6 is 0 Å². The van der Waals surface area contributed by atoms with Gasteiger partial charge in [-0.1, -0.05) is 13.5 Å². The highest BCUT2D eigenvalue weighted by atomic mass is 19.4. The average molecular weight is 591 g/mol. The van der Waals surface area contributed by atoms with Crippen molar-refractivity contribution in [2.45, 2.75) is 63.7 Å². The molecule has 0 unspecified atom stereocenters. The highest BCUT2D eigenvalue weighted by molar-refractivity contribution is 5.87. The molecule has 3 heterocycles. The molecular formula is C30H38F4N6O2. The van der Waals surface area contributed by atoms with Crippen LogP contribution in [0.4, 0.5) is 29.1 Å². The molecule has 2 aliphatic heterocycles. The van der Waals surface area contributed by atoms with E-state index >= 15 is 4.39 Å². The second kappa shape index (κ2) is 11.7. The summed E-state index contributed by atoms with van der Waals surface area (Å²) >= 11 is 0. The number of nitrogens with zero attached hydrogens (tertiary/aromatic N) is 5. The Labute approximate surface area is 243 Å². The molecule has 1 aromatic carbocycles. The van der Waals surface area contributed by atoms with Gasteiger partial charge >= 0.3 is 12.2 Å². The Balaban J connectivity index is 1.54. The second-order valence-corrected chi connectivity index (χ2v) is 11.8. The van der Waals surface area contributed by atoms with E-state index in [-0.39, 0.29) is 42.0 Å². The van der Waals surface area contributed by atoms with Gasteiger partial charge in [-0.3, -0.25) is 4.79 Å². The Morgan fingerprint density at radius 3 is 2.60 bits per heavy atom. The van der Waals surface area contributed by atoms with Crippen molar-refractivity contribution in [3.63, 3.8) is 0 Å². The zero-order valence-corrected chi connectivity index (χ0v) is 24.3. The predicted octanol–water partition coefficient (Wildman–Crippen LogP) is 4.43. The minimum atomic E-state index is -4.74. The highest BCUT2D eigenvalue weighted by Gasteiger charge is 2.42. The lowest BCUT2D eigenvalue weighted by Gasteiger charge is -2.42. The van der Waals surface area contributed by atoms with Gasteiger partial charge in [-0.15, -0.1) is 0 Å². The van der Waals surface area contributed by atoms with E-state index in [1.165, 1.54) is 6.08 Å². The molecule has 5 rings (SSSR count). The molecule has 8 nitrogen and oxygen atoms in total. The quantitative estimate of drug-likeness (QED) is 0.303. The van der Waals surface area contributed by atoms with Crippen LogP contribution in [0.3, 0.4) is 0 Å². The summed E-state index contributed by atoms with van der Waals surface area (Å²) in [6.07, 6.45) is -0.949. The van der Waals surface area contributed by atoms with Gasteiger partial charge in [0.15, 0.2) is 0 Å². The van der Waals surface area contributed by atoms with Gasteiger partial charge < -0.3 is 25.2 Å². The largest absolute Gasteiger partial charge is 0.462 e. The predicted molar refractivity (Wildman–Crippen MR) is 152 cm³/mol. The summed E-state index contributed by atoms with van der Waals surface area (Å²) < 4.78 is 63.6. The van der Waals surface area contributed by atoms with Gasteiger partial charge in [-0.2, -0.15) is 23.1 Å². The Hall–Kier alpha value is -3.41. The number of rotatable bonds is 6. The number of amides is 1. The molecule has 1 aromatic heterocycles. The number of likely N-dealkylation sites (N-methyl/N-ethyl adjacent to an activating group) is 1. The molecule has 3 aliphatic rings. The van der Waals surface area contributed by atoms with Gasteiger partial charge in [-0.25, -0.2) is 4.39 Å². The molecule has 0 spiro atoms. The van der Waals surface area contributed by atoms with Gasteiger partial charge in [0.2, 0.25) is 5.91 Å². The smallest absolute Gasteiger partial charge is 0.416 e. The minimum Gasteiger partial charge on any atom is -0.462 e. The van der Waals surface area contributed by atoms with E-state index in [0.29, 0.717) is 44.2 Å². The maximum Gasteiger partial charge on any atom is 0.416 e. The number of anilines is 2. The van der Waals surface area contributed by atoms with Crippen LogP contribution in [0.5, 0.6) is 6.01 Å². The molecule has 4 atom stereocenters. The average Bonchev–Trinajstić information content (AvgIpc) is 3.36. The number of fused-ring (bicyclic) bond motifs is 1. The Kier molecular flexibility index (Phi) is 8.37. The van der Waals surface area contributed by atoms with Gasteiger partial charge in [0.05, 0.1) is 16.9 Å². The Morgan fingerprint density at radius 2 is 1.95 bits per heavy atom. The number of benzene rings is 1. The molecule has 2 fully saturated rings. The van der Waals surface area contributed by atoms with Crippen LogP contribution in [0.2, 0.25) is 0 Å². The number of aromatic nitrogens is 2. The van der Waals surface area contributed by atoms with E-state index in [1.807, 2.05) is 20.9 Å². The van der Waals surface area contributed by atoms with Crippen LogP contribution in [0.15, 0.2) is 24.8 Å². The number of hydrogen-bond acceptors (Lipinski definition) is 7. The van der Waals surface area contributed by atoms with Crippen LogP contribution in [-0.4, -0.2) is 77.6 Å². The van der Waals surface area contributed by atoms with E-state index in [0.717, 1.165) is 37.1 Å². The molecule has 0 radical (unpaired) electrons. The van der Waals surface area contributed by atoms with Crippen LogP contribution in [-0.2, 0) is 23.8 Å².